The highest BCUT2D eigenvalue weighted by molar-refractivity contribution is 8.32. The number of nitrogens with zero attached hydrogens (tertiary/aromatic N) is 18. The van der Waals surface area contributed by atoms with Crippen LogP contribution < -0.4 is 75.4 Å². The first-order valence-corrected chi connectivity index (χ1v) is 53.6. The molecule has 0 radical (unpaired) electrons. The zero-order valence-corrected chi connectivity index (χ0v) is 76.6. The molecule has 0 aliphatic carbocycles. The third-order valence-electron chi connectivity index (χ3n) is 21.3. The van der Waals surface area contributed by atoms with Crippen molar-refractivity contribution in [2.24, 2.45) is 5.73 Å². The van der Waals surface area contributed by atoms with E-state index in [1.807, 2.05) is 6.92 Å². The van der Waals surface area contributed by atoms with Crippen molar-refractivity contribution < 1.29 is 117 Å². The molecule has 14 N–H and O–H groups in total. The van der Waals surface area contributed by atoms with E-state index in [1.165, 1.54) is 82.2 Å². The highest BCUT2D eigenvalue weighted by atomic mass is 32.7. The van der Waals surface area contributed by atoms with E-state index in [2.05, 4.69) is 70.1 Å². The Balaban J connectivity index is 0.610. The molecule has 127 heavy (non-hydrogen) atoms. The third-order valence-corrected chi connectivity index (χ3v) is 30.8. The minimum Gasteiger partial charge on any atom is -0.780 e. The number of nitrogens with two attached hydrogens (primary N) is 6. The van der Waals surface area contributed by atoms with Gasteiger partial charge in [-0.2, -0.15) is 9.97 Å². The smallest absolute Gasteiger partial charge is 0.351 e. The van der Waals surface area contributed by atoms with Crippen LogP contribution in [0.3, 0.4) is 0 Å². The van der Waals surface area contributed by atoms with Crippen molar-refractivity contribution in [3.8, 4) is 0 Å². The Kier molecular flexibility index (Phi) is 27.9. The number of rotatable bonds is 35. The lowest BCUT2D eigenvalue weighted by molar-refractivity contribution is -0.221. The molecule has 6 saturated heterocycles. The highest BCUT2D eigenvalue weighted by Gasteiger charge is 2.49. The summed E-state index contributed by atoms with van der Waals surface area (Å²) in [6.45, 7) is -26.9. The number of carbonyl (C=O) groups excluding carboxylic acids is 1. The lowest BCUT2D eigenvalue weighted by Crippen LogP contribution is -2.58. The van der Waals surface area contributed by atoms with Crippen molar-refractivity contribution >= 4 is 191 Å². The molecule has 9 aromatic rings. The Hall–Kier alpha value is -6.24. The van der Waals surface area contributed by atoms with Gasteiger partial charge in [-0.25, -0.2) is 54.6 Å². The average molecular weight is 2000 g/mol. The largest absolute Gasteiger partial charge is 0.780 e. The van der Waals surface area contributed by atoms with Gasteiger partial charge in [-0.1, -0.05) is 66.0 Å². The van der Waals surface area contributed by atoms with Crippen LogP contribution in [0.5, 0.6) is 0 Å². The average Bonchev–Trinajstić information content (AvgIpc) is 1.61. The molecule has 16 heterocycles. The Morgan fingerprint density at radius 1 is 0.465 bits per heavy atom. The first-order valence-electron chi connectivity index (χ1n) is 38.2. The van der Waals surface area contributed by atoms with Crippen molar-refractivity contribution in [2.75, 3.05) is 68.8 Å². The van der Waals surface area contributed by atoms with Crippen molar-refractivity contribution in [1.82, 2.24) is 97.8 Å². The molecule has 6 fully saturated rings. The highest BCUT2D eigenvalue weighted by Crippen LogP contribution is 2.56. The Morgan fingerprint density at radius 2 is 0.811 bits per heavy atom. The summed E-state index contributed by atoms with van der Waals surface area (Å²) < 4.78 is 130. The fraction of sp³-hybridized carbons (Fsp3) is 0.565. The number of nitrogen functional groups attached to an aromatic ring is 5. The number of H-pyrrole nitrogens is 1. The number of aryl methyl sites for hydroxylation is 1. The van der Waals surface area contributed by atoms with Crippen LogP contribution in [-0.2, 0) is 163 Å². The van der Waals surface area contributed by atoms with Crippen LogP contribution >= 0.6 is 40.4 Å². The summed E-state index contributed by atoms with van der Waals surface area (Å²) in [7, 11) is 1.09. The van der Waals surface area contributed by atoms with E-state index < -0.39 is 207 Å². The van der Waals surface area contributed by atoms with Crippen molar-refractivity contribution in [3.05, 3.63) is 88.7 Å². The van der Waals surface area contributed by atoms with E-state index in [4.69, 9.17) is 188 Å². The molecule has 65 heteroatoms. The number of carbonyl (C=O) groups is 1. The summed E-state index contributed by atoms with van der Waals surface area (Å²) >= 11 is 32.7. The number of aromatic amines is 1. The zero-order valence-electron chi connectivity index (χ0n) is 66.3. The second kappa shape index (κ2) is 37.7. The normalized spacial score (nSPS) is 30.5. The number of aromatic nitrogens is 18. The van der Waals surface area contributed by atoms with Crippen LogP contribution in [0.1, 0.15) is 95.5 Å². The summed E-state index contributed by atoms with van der Waals surface area (Å²) in [6.07, 6.45) is -12.0. The van der Waals surface area contributed by atoms with Gasteiger partial charge in [0.25, 0.3) is 11.5 Å². The van der Waals surface area contributed by atoms with Crippen LogP contribution in [0.15, 0.2) is 71.9 Å². The quantitative estimate of drug-likeness (QED) is 0.0162. The molecular formula is C62H78N26O27P6S6-6. The fourth-order valence-corrected chi connectivity index (χ4v) is 23.4. The molecular weight excluding hydrogens is 1920 g/mol. The zero-order chi connectivity index (χ0) is 90.3. The molecule has 690 valence electrons. The maximum absolute atomic E-state index is 14.9. The molecule has 7 aliphatic heterocycles. The molecule has 13 unspecified atom stereocenters. The summed E-state index contributed by atoms with van der Waals surface area (Å²) in [6, 6.07) is 0. The lowest BCUT2D eigenvalue weighted by atomic mass is 10.1. The van der Waals surface area contributed by atoms with Gasteiger partial charge in [0.05, 0.1) is 101 Å². The Bertz CT molecular complexity index is 6130. The molecule has 0 saturated carbocycles. The SMILES string of the molecule is CC[C@H]1O[C@@H](n2cnc3c(N)ncnc32)CC1OP([O-])(=S)OC[C@H]1O[C@@H](N2C=C(C)C(=O)NC2N)CC1OP(=O)([S-])OC[C@H]1O[C@@H](n2cnc3c(=O)[nH]c(N)nc32)CC1OP([O-])(=S)OC[C@H]1O[C@@H](n2cc(C)c(N)nc2=O)CC1OP([O-])(=S)OC[C@H]1O[C@@H](n2cnc3c(N)ncnc32)CC1OP([O-])(=S)OC[C@H]1O[C@@H](n2cnc3c(N)ncnc32)CC1OP([O-])(=S)OC. The predicted molar refractivity (Wildman–Crippen MR) is 450 cm³/mol. The van der Waals surface area contributed by atoms with Crippen molar-refractivity contribution in [1.29, 1.82) is 0 Å². The molecule has 53 nitrogen and oxygen atoms in total. The number of nitrogens with one attached hydrogen (secondary N) is 2. The minimum atomic E-state index is -4.96. The standard InChI is InChI=1S/C62H84N26O27P6S6/c1-5-28-29(6-42(104-28)85-22-75-46-51(64)69-19-72-54(46)85)111-117(93,123)99-15-36-31(7-40(105-36)83-13-27(3)58(89)82-61(83)68)112-118(94,124)103-18-39-34(11-45(109-39)88-25-78-49-57(88)80-60(67)81-59(49)90)115-121(97,127)101-16-37-32(8-41(106-37)84-12-26(2)50(63)79-62(84)91)113-119(95,125)102-17-38-33(10-44(108-38)87-24-77-48-53(66)71-21-74-56(48)87)114-120(96,126)100-14-35-30(110-116(92,122)98-4)9-43(107-35)86-23-76-47-52(65)70-20-73-55(47)86/h12-13,19-25,28-45,61H,5-11,14-18,68H2,1-4H3,(H,82,89)(H,92,122)(H,93,123)(H,94,124)(H,95,125)(H,96,126)(H,97,127)(H2,63,79,91)(H2,64,69,72)(H2,65,70,73)(H2,66,71,74)(H3,67,80,81,90)/p-6/t28-,29?,30?,31?,32?,33?,34?,35-,36-,37-,38-,39-,40-,41-,42-,43-,44-,45-,61?,116?,117?,118?,119?,120?,121?/m1/s1. The monoisotopic (exact) mass is 2000 g/mol. The lowest BCUT2D eigenvalue weighted by Gasteiger charge is -2.36. The number of hydrogen-bond donors (Lipinski definition) is 8. The summed E-state index contributed by atoms with van der Waals surface area (Å²) in [4.78, 5) is 165. The molecule has 1 amide bonds. The van der Waals surface area contributed by atoms with Crippen LogP contribution in [0.2, 0.25) is 0 Å². The molecule has 7 aliphatic rings. The number of hydrogen-bond acceptors (Lipinski definition) is 52. The first-order chi connectivity index (χ1) is 60.2. The molecule has 25 atom stereocenters. The first kappa shape index (κ1) is 94.0. The predicted octanol–water partition coefficient (Wildman–Crippen LogP) is -1.72. The van der Waals surface area contributed by atoms with Gasteiger partial charge in [-0.3, -0.25) is 47.7 Å². The van der Waals surface area contributed by atoms with Gasteiger partial charge < -0.3 is 158 Å². The van der Waals surface area contributed by atoms with Crippen LogP contribution in [0, 0.1) is 6.92 Å². The van der Waals surface area contributed by atoms with E-state index in [1.54, 1.807) is 11.5 Å². The minimum absolute atomic E-state index is 0.0137. The van der Waals surface area contributed by atoms with E-state index in [-0.39, 0.29) is 107 Å². The number of anilines is 5. The Labute approximate surface area is 747 Å². The molecule has 9 aromatic heterocycles. The van der Waals surface area contributed by atoms with E-state index in [0.717, 1.165) is 11.7 Å². The topological polar surface area (TPSA) is 716 Å². The number of fused-ring (bicyclic) bond motifs is 4. The number of ether oxygens (including phenoxy) is 6. The van der Waals surface area contributed by atoms with Crippen molar-refractivity contribution in [2.45, 2.75) is 183 Å². The summed E-state index contributed by atoms with van der Waals surface area (Å²) in [5.41, 5.74) is 36.8. The number of amides is 1. The maximum atomic E-state index is 14.9. The van der Waals surface area contributed by atoms with Crippen LogP contribution in [-0.4, -0.2) is 224 Å². The van der Waals surface area contributed by atoms with Gasteiger partial charge in [0.15, 0.2) is 58.6 Å². The van der Waals surface area contributed by atoms with Gasteiger partial charge in [-0.05, 0) is 20.3 Å². The Morgan fingerprint density at radius 3 is 1.22 bits per heavy atom. The third kappa shape index (κ3) is 21.1. The van der Waals surface area contributed by atoms with Crippen molar-refractivity contribution in [3.63, 3.8) is 0 Å². The molecule has 0 spiro atoms. The fourth-order valence-electron chi connectivity index (χ4n) is 15.2. The van der Waals surface area contributed by atoms with Crippen LogP contribution in [0.25, 0.3) is 44.7 Å². The van der Waals surface area contributed by atoms with Gasteiger partial charge in [0, 0.05) is 69.2 Å². The van der Waals surface area contributed by atoms with E-state index in [9.17, 15) is 43.4 Å². The molecule has 16 rings (SSSR count). The number of imidazole rings is 4. The summed E-state index contributed by atoms with van der Waals surface area (Å²) in [5, 5.41) is 2.61. The summed E-state index contributed by atoms with van der Waals surface area (Å²) in [5.74, 6) is -0.679. The van der Waals surface area contributed by atoms with E-state index >= 15 is 0 Å². The molecule has 0 aromatic carbocycles. The van der Waals surface area contributed by atoms with Gasteiger partial charge >= 0.3 is 5.69 Å². The molecule has 0 bridgehead atoms. The van der Waals surface area contributed by atoms with Gasteiger partial charge in [0.1, 0.15) is 143 Å². The van der Waals surface area contributed by atoms with E-state index in [0.29, 0.717) is 23.1 Å². The van der Waals surface area contributed by atoms with Gasteiger partial charge in [-0.15, -0.1) is 0 Å². The second-order valence-electron chi connectivity index (χ2n) is 29.5. The van der Waals surface area contributed by atoms with Gasteiger partial charge in [0.2, 0.25) is 5.95 Å². The maximum Gasteiger partial charge on any atom is 0.351 e. The van der Waals surface area contributed by atoms with Crippen LogP contribution in [0.4, 0.5) is 29.2 Å². The second-order valence-corrected chi connectivity index (χ2v) is 45.8.